The number of carboxylic acids is 1. The van der Waals surface area contributed by atoms with Gasteiger partial charge in [-0.05, 0) is 12.1 Å². The molecule has 1 N–H and O–H groups in total. The average molecular weight is 227 g/mol. The first kappa shape index (κ1) is 10.2. The van der Waals surface area contributed by atoms with E-state index in [1.54, 1.807) is 0 Å². The highest BCUT2D eigenvalue weighted by molar-refractivity contribution is 6.36. The second-order valence-corrected chi connectivity index (χ2v) is 3.06. The lowest BCUT2D eigenvalue weighted by Gasteiger charge is -2.07. The molecule has 0 saturated carbocycles. The Balaban J connectivity index is 3.43. The lowest BCUT2D eigenvalue weighted by molar-refractivity contribution is 0.0693. The van der Waals surface area contributed by atoms with Crippen molar-refractivity contribution in [2.24, 2.45) is 0 Å². The van der Waals surface area contributed by atoms with E-state index < -0.39 is 5.97 Å². The molecule has 0 aliphatic heterocycles. The number of ether oxygens (including phenoxy) is 1. The van der Waals surface area contributed by atoms with Crippen molar-refractivity contribution in [1.29, 1.82) is 0 Å². The molecule has 0 aromatic heterocycles. The maximum atomic E-state index is 10.7. The molecular weight excluding hydrogens is 221 g/mol. The van der Waals surface area contributed by atoms with Crippen molar-refractivity contribution in [3.05, 3.63) is 27.7 Å². The molecule has 0 atom stereocenters. The molecule has 5 heteroatoms. The number of hydrogen-bond acceptors (Lipinski definition) is 2. The van der Waals surface area contributed by atoms with Gasteiger partial charge in [-0.2, -0.15) is 0 Å². The fourth-order valence-corrected chi connectivity index (χ4v) is 1.40. The van der Waals surface area contributed by atoms with E-state index in [2.05, 4.69) is 0 Å². The molecule has 13 heavy (non-hydrogen) atoms. The van der Waals surface area contributed by atoms with Crippen LogP contribution >= 0.6 is 23.2 Å². The Morgan fingerprint density at radius 3 is 2.31 bits per heavy atom. The van der Waals surface area contributed by atoms with Crippen LogP contribution in [-0.2, 0) is 0 Å². The summed E-state index contributed by atoms with van der Waals surface area (Å²) < 4.78 is 4.82. The summed E-state index contributed by atoms with van der Waals surface area (Å²) in [5, 5.41) is 9.11. The minimum absolute atomic E-state index is 0.0849. The Hall–Kier alpha value is -0.930. The third-order valence-electron chi connectivity index (χ3n) is 1.48. The van der Waals surface area contributed by atoms with Crippen LogP contribution in [-0.4, -0.2) is 18.2 Å². The number of carbonyl (C=O) groups is 1. The fourth-order valence-electron chi connectivity index (χ4n) is 0.932. The standard InChI is InChI=1S/C8H6Cl2O3/c1-13-7-5(10)3-2-4(9)6(7)8(11)12/h2-3H,1H3,(H,11,12)/i2+1,3+1,4+1,5+1,6+1,7+1. The Kier molecular flexibility index (Phi) is 3.01. The van der Waals surface area contributed by atoms with Crippen LogP contribution in [0.1, 0.15) is 10.4 Å². The van der Waals surface area contributed by atoms with Crippen LogP contribution in [0.5, 0.6) is 5.75 Å². The second kappa shape index (κ2) is 3.85. The largest absolute Gasteiger partial charge is 0.494 e. The molecule has 0 fully saturated rings. The first-order valence-corrected chi connectivity index (χ1v) is 4.08. The molecule has 1 rings (SSSR count). The summed E-state index contributed by atoms with van der Waals surface area (Å²) in [6.45, 7) is 0. The predicted molar refractivity (Wildman–Crippen MR) is 50.0 cm³/mol. The van der Waals surface area contributed by atoms with E-state index in [9.17, 15) is 4.79 Å². The average Bonchev–Trinajstić information content (AvgIpc) is 2.07. The number of carboxylic acid groups (broad SMARTS) is 1. The van der Waals surface area contributed by atoms with Crippen molar-refractivity contribution < 1.29 is 14.6 Å². The van der Waals surface area contributed by atoms with Crippen LogP contribution in [0.25, 0.3) is 0 Å². The van der Waals surface area contributed by atoms with E-state index >= 15 is 0 Å². The summed E-state index contributed by atoms with van der Waals surface area (Å²) in [5.41, 5.74) is -0.114. The summed E-state index contributed by atoms with van der Waals surface area (Å²) in [6.07, 6.45) is 0. The minimum atomic E-state index is -1.16. The van der Waals surface area contributed by atoms with Crippen molar-refractivity contribution >= 4 is 29.2 Å². The predicted octanol–water partition coefficient (Wildman–Crippen LogP) is 2.70. The van der Waals surface area contributed by atoms with E-state index in [4.69, 9.17) is 33.0 Å². The molecule has 0 spiro atoms. The van der Waals surface area contributed by atoms with Gasteiger partial charge in [-0.15, -0.1) is 0 Å². The summed E-state index contributed by atoms with van der Waals surface area (Å²) in [5.74, 6) is -1.08. The fraction of sp³-hybridized carbons (Fsp3) is 0.125. The maximum absolute atomic E-state index is 10.7. The number of benzene rings is 1. The third-order valence-corrected chi connectivity index (χ3v) is 2.09. The second-order valence-electron chi connectivity index (χ2n) is 2.24. The smallest absolute Gasteiger partial charge is 0.341 e. The zero-order valence-corrected chi connectivity index (χ0v) is 8.19. The minimum Gasteiger partial charge on any atom is -0.494 e. The van der Waals surface area contributed by atoms with Crippen LogP contribution in [0, 0.1) is 0 Å². The Labute approximate surface area is 84.8 Å². The van der Waals surface area contributed by atoms with Crippen LogP contribution in [0.3, 0.4) is 0 Å². The zero-order chi connectivity index (χ0) is 10.0. The number of methoxy groups -OCH3 is 1. The van der Waals surface area contributed by atoms with E-state index in [-0.39, 0.29) is 21.4 Å². The monoisotopic (exact) mass is 226 g/mol. The topological polar surface area (TPSA) is 46.5 Å². The summed E-state index contributed by atoms with van der Waals surface area (Å²) >= 11 is 11.4. The van der Waals surface area contributed by atoms with Crippen molar-refractivity contribution in [2.75, 3.05) is 7.11 Å². The number of rotatable bonds is 2. The Morgan fingerprint density at radius 1 is 1.38 bits per heavy atom. The van der Waals surface area contributed by atoms with Crippen molar-refractivity contribution in [2.45, 2.75) is 0 Å². The SMILES string of the molecule is CO[13c]1[13c](Cl)[13cH][13cH][13c](Cl)[13c]1C(=O)O. The molecule has 0 bridgehead atoms. The van der Waals surface area contributed by atoms with E-state index in [0.717, 1.165) is 0 Å². The Morgan fingerprint density at radius 2 is 1.92 bits per heavy atom. The van der Waals surface area contributed by atoms with Gasteiger partial charge in [0, 0.05) is 0 Å². The summed E-state index contributed by atoms with van der Waals surface area (Å²) in [7, 11) is 1.34. The summed E-state index contributed by atoms with van der Waals surface area (Å²) in [4.78, 5) is 10.7. The molecule has 0 unspecified atom stereocenters. The molecule has 0 radical (unpaired) electrons. The van der Waals surface area contributed by atoms with Crippen LogP contribution in [0.4, 0.5) is 0 Å². The van der Waals surface area contributed by atoms with Crippen LogP contribution in [0.2, 0.25) is 10.0 Å². The normalized spacial score (nSPS) is 9.77. The molecule has 0 heterocycles. The molecule has 1 aromatic carbocycles. The van der Waals surface area contributed by atoms with Gasteiger partial charge in [0.15, 0.2) is 5.75 Å². The molecular formula is C8H6Cl2O3. The molecule has 3 nitrogen and oxygen atoms in total. The van der Waals surface area contributed by atoms with Crippen molar-refractivity contribution in [1.82, 2.24) is 0 Å². The number of halogens is 2. The quantitative estimate of drug-likeness (QED) is 0.844. The van der Waals surface area contributed by atoms with Gasteiger partial charge in [0.1, 0.15) is 5.56 Å². The molecule has 70 valence electrons. The highest BCUT2D eigenvalue weighted by Crippen LogP contribution is 2.33. The van der Waals surface area contributed by atoms with Gasteiger partial charge in [-0.3, -0.25) is 0 Å². The van der Waals surface area contributed by atoms with Gasteiger partial charge in [0.25, 0.3) is 0 Å². The first-order chi connectivity index (χ1) is 6.07. The lowest BCUT2D eigenvalue weighted by Crippen LogP contribution is -2.01. The van der Waals surface area contributed by atoms with E-state index in [0.29, 0.717) is 0 Å². The van der Waals surface area contributed by atoms with Crippen LogP contribution in [0.15, 0.2) is 12.1 Å². The molecule has 0 saturated heterocycles. The van der Waals surface area contributed by atoms with Gasteiger partial charge >= 0.3 is 5.97 Å². The van der Waals surface area contributed by atoms with E-state index in [1.807, 2.05) is 0 Å². The van der Waals surface area contributed by atoms with Gasteiger partial charge in [0.05, 0.1) is 17.2 Å². The molecule has 0 aliphatic carbocycles. The maximum Gasteiger partial charge on any atom is 0.341 e. The third kappa shape index (κ3) is 1.87. The van der Waals surface area contributed by atoms with Gasteiger partial charge in [-0.1, -0.05) is 23.2 Å². The first-order valence-electron chi connectivity index (χ1n) is 3.33. The van der Waals surface area contributed by atoms with Gasteiger partial charge in [-0.25, -0.2) is 4.79 Å². The van der Waals surface area contributed by atoms with Gasteiger partial charge < -0.3 is 9.84 Å². The van der Waals surface area contributed by atoms with Crippen molar-refractivity contribution in [3.63, 3.8) is 0 Å². The molecule has 0 amide bonds. The zero-order valence-electron chi connectivity index (χ0n) is 6.67. The van der Waals surface area contributed by atoms with Gasteiger partial charge in [0.2, 0.25) is 0 Å². The number of aromatic carboxylic acids is 1. The molecule has 1 aromatic rings. The van der Waals surface area contributed by atoms with Crippen molar-refractivity contribution in [3.8, 4) is 5.75 Å². The molecule has 0 aliphatic rings. The van der Waals surface area contributed by atoms with Crippen LogP contribution < -0.4 is 4.74 Å². The highest BCUT2D eigenvalue weighted by atomic mass is 35.5. The summed E-state index contributed by atoms with van der Waals surface area (Å²) in [6, 6.07) is 2.89. The lowest BCUT2D eigenvalue weighted by atomic mass is 10.9. The highest BCUT2D eigenvalue weighted by Gasteiger charge is 2.17. The van der Waals surface area contributed by atoms with E-state index in [1.165, 1.54) is 19.2 Å². The number of hydrogen-bond donors (Lipinski definition) is 1. The Bertz CT molecular complexity index is 349.